The predicted octanol–water partition coefficient (Wildman–Crippen LogP) is 5.87. The molecule has 0 heterocycles. The van der Waals surface area contributed by atoms with Crippen molar-refractivity contribution in [2.45, 2.75) is 46.5 Å². The minimum atomic E-state index is 0.113. The van der Waals surface area contributed by atoms with Crippen LogP contribution in [-0.2, 0) is 5.41 Å². The first-order chi connectivity index (χ1) is 8.37. The van der Waals surface area contributed by atoms with Crippen molar-refractivity contribution in [1.29, 1.82) is 0 Å². The Kier molecular flexibility index (Phi) is 3.55. The van der Waals surface area contributed by atoms with Crippen molar-refractivity contribution in [1.82, 2.24) is 0 Å². The van der Waals surface area contributed by atoms with E-state index in [0.29, 0.717) is 0 Å². The third kappa shape index (κ3) is 2.09. The molecule has 1 aromatic carbocycles. The van der Waals surface area contributed by atoms with Crippen LogP contribution < -0.4 is 0 Å². The molecule has 1 heteroatoms. The average molecular weight is 305 g/mol. The van der Waals surface area contributed by atoms with E-state index in [1.165, 1.54) is 32.3 Å². The molecule has 0 atom stereocenters. The molecule has 0 radical (unpaired) electrons. The molecule has 1 aromatic rings. The number of fused-ring (bicyclic) bond motifs is 1. The Labute approximate surface area is 119 Å². The summed E-state index contributed by atoms with van der Waals surface area (Å²) in [5.74, 6) is 0. The minimum Gasteiger partial charge on any atom is -0.0761 e. The maximum absolute atomic E-state index is 3.60. The van der Waals surface area contributed by atoms with Gasteiger partial charge in [-0.15, -0.1) is 0 Å². The summed E-state index contributed by atoms with van der Waals surface area (Å²) in [6.07, 6.45) is 3.45. The van der Waals surface area contributed by atoms with Crippen LogP contribution in [0.5, 0.6) is 0 Å². The molecule has 0 aromatic heterocycles. The van der Waals surface area contributed by atoms with Crippen LogP contribution in [0.1, 0.15) is 52.2 Å². The van der Waals surface area contributed by atoms with Crippen LogP contribution in [0, 0.1) is 0 Å². The van der Waals surface area contributed by atoms with Gasteiger partial charge in [-0.05, 0) is 54.7 Å². The zero-order chi connectivity index (χ0) is 13.5. The van der Waals surface area contributed by atoms with Gasteiger partial charge in [0, 0.05) is 9.89 Å². The monoisotopic (exact) mass is 304 g/mol. The zero-order valence-electron chi connectivity index (χ0n) is 11.9. The fraction of sp³-hybridized carbons (Fsp3) is 0.412. The lowest BCUT2D eigenvalue weighted by atomic mass is 9.80. The van der Waals surface area contributed by atoms with E-state index in [4.69, 9.17) is 0 Å². The molecule has 0 aliphatic heterocycles. The Bertz CT molecular complexity index is 541. The van der Waals surface area contributed by atoms with Crippen molar-refractivity contribution >= 4 is 21.5 Å². The second-order valence-corrected chi connectivity index (χ2v) is 6.70. The normalized spacial score (nSPS) is 16.8. The Morgan fingerprint density at radius 1 is 1.28 bits per heavy atom. The summed E-state index contributed by atoms with van der Waals surface area (Å²) in [5.41, 5.74) is 7.35. The topological polar surface area (TPSA) is 0 Å². The highest BCUT2D eigenvalue weighted by Crippen LogP contribution is 2.48. The fourth-order valence-corrected chi connectivity index (χ4v) is 3.26. The van der Waals surface area contributed by atoms with Crippen LogP contribution in [0.4, 0.5) is 0 Å². The number of halogens is 1. The standard InChI is InChI=1S/C17H21Br/c1-6-13-14-8-7-12(18)10-16(14)17(4,5)15(13)9-11(2)3/h7-10H,6H2,1-5H3. The third-order valence-corrected chi connectivity index (χ3v) is 4.26. The highest BCUT2D eigenvalue weighted by atomic mass is 79.9. The van der Waals surface area contributed by atoms with Gasteiger partial charge in [-0.1, -0.05) is 54.4 Å². The van der Waals surface area contributed by atoms with Gasteiger partial charge in [0.25, 0.3) is 0 Å². The highest BCUT2D eigenvalue weighted by Gasteiger charge is 2.35. The van der Waals surface area contributed by atoms with Gasteiger partial charge in [0.1, 0.15) is 0 Å². The van der Waals surface area contributed by atoms with Crippen LogP contribution in [-0.4, -0.2) is 0 Å². The average Bonchev–Trinajstić information content (AvgIpc) is 2.48. The molecular formula is C17H21Br. The lowest BCUT2D eigenvalue weighted by Gasteiger charge is -2.23. The lowest BCUT2D eigenvalue weighted by molar-refractivity contribution is 0.652. The van der Waals surface area contributed by atoms with Gasteiger partial charge in [0.2, 0.25) is 0 Å². The number of hydrogen-bond acceptors (Lipinski definition) is 0. The van der Waals surface area contributed by atoms with Crippen molar-refractivity contribution in [2.75, 3.05) is 0 Å². The molecule has 1 aliphatic carbocycles. The van der Waals surface area contributed by atoms with Crippen LogP contribution in [0.2, 0.25) is 0 Å². The number of benzene rings is 1. The van der Waals surface area contributed by atoms with Gasteiger partial charge < -0.3 is 0 Å². The van der Waals surface area contributed by atoms with Gasteiger partial charge in [-0.2, -0.15) is 0 Å². The third-order valence-electron chi connectivity index (χ3n) is 3.77. The van der Waals surface area contributed by atoms with Gasteiger partial charge in [-0.25, -0.2) is 0 Å². The molecule has 0 fully saturated rings. The molecule has 0 unspecified atom stereocenters. The van der Waals surface area contributed by atoms with Gasteiger partial charge in [0.05, 0.1) is 0 Å². The summed E-state index contributed by atoms with van der Waals surface area (Å²) in [6, 6.07) is 6.68. The first-order valence-electron chi connectivity index (χ1n) is 6.57. The van der Waals surface area contributed by atoms with E-state index in [0.717, 1.165) is 6.42 Å². The van der Waals surface area contributed by atoms with Crippen molar-refractivity contribution < 1.29 is 0 Å². The minimum absolute atomic E-state index is 0.113. The summed E-state index contributed by atoms with van der Waals surface area (Å²) in [7, 11) is 0. The second-order valence-electron chi connectivity index (χ2n) is 5.78. The number of rotatable bonds is 2. The maximum Gasteiger partial charge on any atom is 0.0178 e. The van der Waals surface area contributed by atoms with E-state index in [-0.39, 0.29) is 5.41 Å². The quantitative estimate of drug-likeness (QED) is 0.641. The first-order valence-corrected chi connectivity index (χ1v) is 7.36. The molecule has 1 aliphatic rings. The van der Waals surface area contributed by atoms with E-state index in [1.807, 2.05) is 0 Å². The smallest absolute Gasteiger partial charge is 0.0178 e. The SMILES string of the molecule is CCC1=C(C=C(C)C)C(C)(C)c2cc(Br)ccc21. The van der Waals surface area contributed by atoms with Crippen molar-refractivity contribution in [3.05, 3.63) is 51.0 Å². The van der Waals surface area contributed by atoms with Crippen molar-refractivity contribution in [2.24, 2.45) is 0 Å². The van der Waals surface area contributed by atoms with Crippen molar-refractivity contribution in [3.63, 3.8) is 0 Å². The van der Waals surface area contributed by atoms with E-state index in [2.05, 4.69) is 74.8 Å². The van der Waals surface area contributed by atoms with E-state index in [9.17, 15) is 0 Å². The summed E-state index contributed by atoms with van der Waals surface area (Å²) < 4.78 is 1.17. The largest absolute Gasteiger partial charge is 0.0761 e. The molecule has 0 saturated carbocycles. The van der Waals surface area contributed by atoms with Crippen LogP contribution >= 0.6 is 15.9 Å². The number of allylic oxidation sites excluding steroid dienone is 4. The molecule has 2 rings (SSSR count). The molecular weight excluding hydrogens is 284 g/mol. The van der Waals surface area contributed by atoms with Gasteiger partial charge in [-0.3, -0.25) is 0 Å². The Morgan fingerprint density at radius 2 is 1.94 bits per heavy atom. The van der Waals surface area contributed by atoms with Gasteiger partial charge in [0.15, 0.2) is 0 Å². The fourth-order valence-electron chi connectivity index (χ4n) is 2.90. The second kappa shape index (κ2) is 4.70. The Morgan fingerprint density at radius 3 is 2.50 bits per heavy atom. The molecule has 96 valence electrons. The molecule has 0 spiro atoms. The van der Waals surface area contributed by atoms with Crippen LogP contribution in [0.3, 0.4) is 0 Å². The molecule has 0 amide bonds. The van der Waals surface area contributed by atoms with Gasteiger partial charge >= 0.3 is 0 Å². The summed E-state index contributed by atoms with van der Waals surface area (Å²) >= 11 is 3.60. The molecule has 0 nitrogen and oxygen atoms in total. The van der Waals surface area contributed by atoms with E-state index >= 15 is 0 Å². The van der Waals surface area contributed by atoms with Crippen LogP contribution in [0.25, 0.3) is 5.57 Å². The number of hydrogen-bond donors (Lipinski definition) is 0. The molecule has 0 bridgehead atoms. The summed E-state index contributed by atoms with van der Waals surface area (Å²) in [5, 5.41) is 0. The lowest BCUT2D eigenvalue weighted by Crippen LogP contribution is -2.16. The molecule has 18 heavy (non-hydrogen) atoms. The molecule has 0 saturated heterocycles. The Hall–Kier alpha value is -0.820. The molecule has 0 N–H and O–H groups in total. The van der Waals surface area contributed by atoms with E-state index in [1.54, 1.807) is 0 Å². The summed E-state index contributed by atoms with van der Waals surface area (Å²) in [6.45, 7) is 11.3. The Balaban J connectivity index is 2.71. The first kappa shape index (κ1) is 13.6. The zero-order valence-corrected chi connectivity index (χ0v) is 13.5. The highest BCUT2D eigenvalue weighted by molar-refractivity contribution is 9.10. The predicted molar refractivity (Wildman–Crippen MR) is 83.8 cm³/mol. The van der Waals surface area contributed by atoms with Crippen molar-refractivity contribution in [3.8, 4) is 0 Å². The van der Waals surface area contributed by atoms with E-state index < -0.39 is 0 Å². The summed E-state index contributed by atoms with van der Waals surface area (Å²) in [4.78, 5) is 0. The maximum atomic E-state index is 3.60. The van der Waals surface area contributed by atoms with Crippen LogP contribution in [0.15, 0.2) is 39.9 Å².